The molecule has 24 heavy (non-hydrogen) atoms. The Kier molecular flexibility index (Phi) is 4.37. The number of aryl methyl sites for hydroxylation is 2. The molecule has 0 N–H and O–H groups in total. The van der Waals surface area contributed by atoms with Gasteiger partial charge < -0.3 is 9.47 Å². The molecular formula is C19H20ClFN2S. The Morgan fingerprint density at radius 3 is 3.00 bits per heavy atom. The maximum atomic E-state index is 13.3. The summed E-state index contributed by atoms with van der Waals surface area (Å²) in [4.78, 5) is 3.66. The fraction of sp³-hybridized carbons (Fsp3) is 0.368. The average molecular weight is 363 g/mol. The first-order valence-corrected chi connectivity index (χ1v) is 9.53. The summed E-state index contributed by atoms with van der Waals surface area (Å²) in [5.41, 5.74) is 3.97. The minimum absolute atomic E-state index is 0.152. The van der Waals surface area contributed by atoms with Crippen molar-refractivity contribution in [2.75, 3.05) is 13.6 Å². The lowest BCUT2D eigenvalue weighted by atomic mass is 10.1. The maximum absolute atomic E-state index is 13.3. The summed E-state index contributed by atoms with van der Waals surface area (Å²) < 4.78 is 16.6. The van der Waals surface area contributed by atoms with Gasteiger partial charge >= 0.3 is 0 Å². The quantitative estimate of drug-likeness (QED) is 0.625. The van der Waals surface area contributed by atoms with Crippen molar-refractivity contribution in [3.05, 3.63) is 57.3 Å². The highest BCUT2D eigenvalue weighted by atomic mass is 35.5. The average Bonchev–Trinajstić information content (AvgIpc) is 3.04. The first-order chi connectivity index (χ1) is 11.6. The number of fused-ring (bicyclic) bond motifs is 3. The van der Waals surface area contributed by atoms with Crippen LogP contribution in [-0.4, -0.2) is 23.1 Å². The molecule has 0 radical (unpaired) electrons. The smallest absolute Gasteiger partial charge is 0.123 e. The Labute approximate surface area is 150 Å². The third-order valence-electron chi connectivity index (χ3n) is 4.82. The minimum atomic E-state index is -0.152. The summed E-state index contributed by atoms with van der Waals surface area (Å²) in [7, 11) is 2.17. The topological polar surface area (TPSA) is 8.17 Å². The van der Waals surface area contributed by atoms with Gasteiger partial charge in [0.15, 0.2) is 0 Å². The fourth-order valence-electron chi connectivity index (χ4n) is 3.69. The van der Waals surface area contributed by atoms with E-state index in [0.717, 1.165) is 48.8 Å². The molecule has 0 unspecified atom stereocenters. The van der Waals surface area contributed by atoms with Crippen molar-refractivity contribution in [3.63, 3.8) is 0 Å². The number of halogens is 2. The molecule has 1 aliphatic heterocycles. The Balaban J connectivity index is 1.59. The Morgan fingerprint density at radius 2 is 2.17 bits per heavy atom. The lowest BCUT2D eigenvalue weighted by Gasteiger charge is -2.24. The molecule has 0 bridgehead atoms. The summed E-state index contributed by atoms with van der Waals surface area (Å²) in [5.74, 6) is -0.152. The van der Waals surface area contributed by atoms with Gasteiger partial charge in [0.2, 0.25) is 0 Å². The first-order valence-electron chi connectivity index (χ1n) is 8.34. The summed E-state index contributed by atoms with van der Waals surface area (Å²) in [6.45, 7) is 3.06. The predicted octanol–water partition coefficient (Wildman–Crippen LogP) is 5.12. The van der Waals surface area contributed by atoms with Crippen molar-refractivity contribution in [3.8, 4) is 0 Å². The van der Waals surface area contributed by atoms with Crippen molar-refractivity contribution >= 4 is 33.2 Å². The summed E-state index contributed by atoms with van der Waals surface area (Å²) in [6.07, 6.45) is 2.99. The second-order valence-electron chi connectivity index (χ2n) is 6.57. The molecule has 126 valence electrons. The number of aromatic nitrogens is 1. The van der Waals surface area contributed by atoms with Crippen LogP contribution in [0, 0.1) is 5.82 Å². The summed E-state index contributed by atoms with van der Waals surface area (Å²) in [6, 6.07) is 9.04. The third-order valence-corrected chi connectivity index (χ3v) is 6.11. The number of likely N-dealkylation sites (N-methyl/N-ethyl adjacent to an activating group) is 1. The Bertz CT molecular complexity index is 883. The molecule has 0 aliphatic carbocycles. The zero-order chi connectivity index (χ0) is 16.7. The Hall–Kier alpha value is -1.36. The van der Waals surface area contributed by atoms with E-state index in [9.17, 15) is 4.39 Å². The van der Waals surface area contributed by atoms with Crippen molar-refractivity contribution in [1.29, 1.82) is 0 Å². The molecule has 0 spiro atoms. The van der Waals surface area contributed by atoms with E-state index in [0.29, 0.717) is 0 Å². The van der Waals surface area contributed by atoms with Gasteiger partial charge in [-0.3, -0.25) is 0 Å². The molecule has 3 heterocycles. The van der Waals surface area contributed by atoms with Crippen LogP contribution in [0.2, 0.25) is 4.34 Å². The Morgan fingerprint density at radius 1 is 1.29 bits per heavy atom. The number of hydrogen-bond acceptors (Lipinski definition) is 2. The monoisotopic (exact) mass is 362 g/mol. The third kappa shape index (κ3) is 2.99. The molecule has 0 saturated heterocycles. The van der Waals surface area contributed by atoms with E-state index in [1.807, 2.05) is 6.07 Å². The van der Waals surface area contributed by atoms with Crippen LogP contribution in [0.1, 0.15) is 23.2 Å². The molecule has 2 nitrogen and oxygen atoms in total. The molecule has 1 aliphatic rings. The molecular weight excluding hydrogens is 343 g/mol. The zero-order valence-corrected chi connectivity index (χ0v) is 15.3. The number of benzene rings is 1. The highest BCUT2D eigenvalue weighted by molar-refractivity contribution is 7.22. The number of thiophene rings is 1. The van der Waals surface area contributed by atoms with Gasteiger partial charge in [-0.25, -0.2) is 4.39 Å². The molecule has 2 aromatic heterocycles. The lowest BCUT2D eigenvalue weighted by molar-refractivity contribution is 0.309. The van der Waals surface area contributed by atoms with E-state index in [2.05, 4.69) is 22.6 Å². The van der Waals surface area contributed by atoms with Gasteiger partial charge in [-0.1, -0.05) is 23.7 Å². The highest BCUT2D eigenvalue weighted by Gasteiger charge is 2.23. The normalized spacial score (nSPS) is 15.1. The van der Waals surface area contributed by atoms with Gasteiger partial charge in [0.25, 0.3) is 0 Å². The predicted molar refractivity (Wildman–Crippen MR) is 99.6 cm³/mol. The molecule has 0 amide bonds. The van der Waals surface area contributed by atoms with Gasteiger partial charge in [0.1, 0.15) is 10.6 Å². The second-order valence-corrected chi connectivity index (χ2v) is 8.23. The first kappa shape index (κ1) is 16.1. The van der Waals surface area contributed by atoms with Crippen LogP contribution >= 0.6 is 22.9 Å². The standard InChI is InChI=1S/C19H20ClFN2S/c1-22-9-7-17-16(12-22)15-11-18(20)24-19(15)23(17)8-3-5-13-4-2-6-14(21)10-13/h2,4,6,10-11H,3,5,7-9,12H2,1H3. The second kappa shape index (κ2) is 6.51. The van der Waals surface area contributed by atoms with Crippen molar-refractivity contribution in [2.24, 2.45) is 0 Å². The molecule has 4 rings (SSSR count). The fourth-order valence-corrected chi connectivity index (χ4v) is 4.98. The molecule has 0 saturated carbocycles. The van der Waals surface area contributed by atoms with Crippen LogP contribution < -0.4 is 0 Å². The molecule has 0 fully saturated rings. The number of hydrogen-bond donors (Lipinski definition) is 0. The van der Waals surface area contributed by atoms with Crippen molar-refractivity contribution < 1.29 is 4.39 Å². The van der Waals surface area contributed by atoms with E-state index >= 15 is 0 Å². The number of nitrogens with zero attached hydrogens (tertiary/aromatic N) is 2. The van der Waals surface area contributed by atoms with E-state index in [-0.39, 0.29) is 5.82 Å². The largest absolute Gasteiger partial charge is 0.336 e. The van der Waals surface area contributed by atoms with Gasteiger partial charge in [0.05, 0.1) is 4.34 Å². The molecule has 0 atom stereocenters. The highest BCUT2D eigenvalue weighted by Crippen LogP contribution is 2.38. The van der Waals surface area contributed by atoms with Crippen LogP contribution in [0.5, 0.6) is 0 Å². The van der Waals surface area contributed by atoms with Gasteiger partial charge in [-0.15, -0.1) is 11.3 Å². The van der Waals surface area contributed by atoms with E-state index < -0.39 is 0 Å². The lowest BCUT2D eigenvalue weighted by Crippen LogP contribution is -2.27. The summed E-state index contributed by atoms with van der Waals surface area (Å²) in [5, 5.41) is 1.32. The molecule has 3 aromatic rings. The van der Waals surface area contributed by atoms with Crippen LogP contribution in [0.3, 0.4) is 0 Å². The van der Waals surface area contributed by atoms with Crippen LogP contribution in [0.4, 0.5) is 4.39 Å². The minimum Gasteiger partial charge on any atom is -0.336 e. The van der Waals surface area contributed by atoms with Crippen LogP contribution in [-0.2, 0) is 25.9 Å². The number of rotatable bonds is 4. The SMILES string of the molecule is CN1CCc2c(c3cc(Cl)sc3n2CCCc2cccc(F)c2)C1. The maximum Gasteiger partial charge on any atom is 0.123 e. The van der Waals surface area contributed by atoms with Gasteiger partial charge in [-0.2, -0.15) is 0 Å². The van der Waals surface area contributed by atoms with E-state index in [1.165, 1.54) is 27.5 Å². The summed E-state index contributed by atoms with van der Waals surface area (Å²) >= 11 is 7.94. The van der Waals surface area contributed by atoms with E-state index in [4.69, 9.17) is 11.6 Å². The molecule has 1 aromatic carbocycles. The van der Waals surface area contributed by atoms with Crippen molar-refractivity contribution in [1.82, 2.24) is 9.47 Å². The zero-order valence-electron chi connectivity index (χ0n) is 13.7. The van der Waals surface area contributed by atoms with Crippen molar-refractivity contribution in [2.45, 2.75) is 32.4 Å². The van der Waals surface area contributed by atoms with E-state index in [1.54, 1.807) is 23.5 Å². The van der Waals surface area contributed by atoms with Crippen LogP contribution in [0.15, 0.2) is 30.3 Å². The molecule has 5 heteroatoms. The van der Waals surface area contributed by atoms with Gasteiger partial charge in [-0.05, 0) is 49.2 Å². The van der Waals surface area contributed by atoms with Crippen LogP contribution in [0.25, 0.3) is 10.2 Å². The van der Waals surface area contributed by atoms with Gasteiger partial charge in [0, 0.05) is 37.1 Å².